The Morgan fingerprint density at radius 3 is 2.80 bits per heavy atom. The maximum absolute atomic E-state index is 5.95. The smallest absolute Gasteiger partial charge is 0.212 e. The Kier molecular flexibility index (Phi) is 2.65. The molecule has 0 radical (unpaired) electrons. The summed E-state index contributed by atoms with van der Waals surface area (Å²) >= 11 is 0. The normalized spacial score (nSPS) is 23.2. The Labute approximate surface area is 117 Å². The van der Waals surface area contributed by atoms with Gasteiger partial charge in [-0.15, -0.1) is 0 Å². The molecule has 1 aromatic carbocycles. The van der Waals surface area contributed by atoms with Gasteiger partial charge >= 0.3 is 0 Å². The highest BCUT2D eigenvalue weighted by atomic mass is 15.4. The number of nitrogens with one attached hydrogen (secondary N) is 1. The van der Waals surface area contributed by atoms with Gasteiger partial charge < -0.3 is 5.73 Å². The van der Waals surface area contributed by atoms with E-state index >= 15 is 0 Å². The van der Waals surface area contributed by atoms with Crippen LogP contribution in [-0.2, 0) is 0 Å². The van der Waals surface area contributed by atoms with Crippen LogP contribution in [0.2, 0.25) is 0 Å². The van der Waals surface area contributed by atoms with Gasteiger partial charge in [-0.3, -0.25) is 9.88 Å². The third-order valence-corrected chi connectivity index (χ3v) is 4.44. The standard InChI is InChI=1S/C15H19N5/c16-14-18-13(10-6-2-1-3-7-10)20-12-9-5-4-8-11(12)17-15(20)19-14/h4-5,8-10,13H,1-3,6-7H2,(H3,16,17,18,19)/t13-/m0/s1. The quantitative estimate of drug-likeness (QED) is 0.836. The van der Waals surface area contributed by atoms with Gasteiger partial charge in [-0.05, 0) is 25.0 Å². The average Bonchev–Trinajstić information content (AvgIpc) is 2.85. The maximum atomic E-state index is 5.95. The van der Waals surface area contributed by atoms with Crippen LogP contribution in [0.3, 0.4) is 0 Å². The molecule has 104 valence electrons. The highest BCUT2D eigenvalue weighted by Gasteiger charge is 2.31. The predicted octanol–water partition coefficient (Wildman–Crippen LogP) is 2.86. The van der Waals surface area contributed by atoms with E-state index in [1.165, 1.54) is 32.1 Å². The van der Waals surface area contributed by atoms with Gasteiger partial charge in [0.05, 0.1) is 11.0 Å². The molecule has 5 nitrogen and oxygen atoms in total. The van der Waals surface area contributed by atoms with Gasteiger partial charge in [0, 0.05) is 5.92 Å². The zero-order valence-corrected chi connectivity index (χ0v) is 11.4. The number of nitrogens with two attached hydrogens (primary N) is 1. The minimum absolute atomic E-state index is 0.0962. The monoisotopic (exact) mass is 269 g/mol. The lowest BCUT2D eigenvalue weighted by atomic mass is 9.87. The summed E-state index contributed by atoms with van der Waals surface area (Å²) in [5.41, 5.74) is 8.10. The Hall–Kier alpha value is -2.04. The highest BCUT2D eigenvalue weighted by molar-refractivity contribution is 5.94. The second-order valence-corrected chi connectivity index (χ2v) is 5.75. The number of hydrogen-bond donors (Lipinski definition) is 2. The largest absolute Gasteiger partial charge is 0.370 e. The Balaban J connectivity index is 1.84. The van der Waals surface area contributed by atoms with Gasteiger partial charge in [0.25, 0.3) is 0 Å². The fraction of sp³-hybridized carbons (Fsp3) is 0.467. The van der Waals surface area contributed by atoms with Crippen LogP contribution in [-0.4, -0.2) is 15.5 Å². The van der Waals surface area contributed by atoms with Crippen LogP contribution in [0, 0.1) is 5.92 Å². The summed E-state index contributed by atoms with van der Waals surface area (Å²) in [5.74, 6) is 1.89. The molecule has 3 N–H and O–H groups in total. The van der Waals surface area contributed by atoms with Crippen molar-refractivity contribution in [2.24, 2.45) is 16.6 Å². The summed E-state index contributed by atoms with van der Waals surface area (Å²) in [6, 6.07) is 8.22. The minimum Gasteiger partial charge on any atom is -0.370 e. The molecule has 1 aromatic heterocycles. The molecule has 0 unspecified atom stereocenters. The van der Waals surface area contributed by atoms with Crippen molar-refractivity contribution in [3.8, 4) is 0 Å². The van der Waals surface area contributed by atoms with E-state index in [4.69, 9.17) is 5.73 Å². The van der Waals surface area contributed by atoms with E-state index in [2.05, 4.69) is 32.0 Å². The number of aromatic nitrogens is 2. The summed E-state index contributed by atoms with van der Waals surface area (Å²) in [5, 5.41) is 3.10. The predicted molar refractivity (Wildman–Crippen MR) is 80.6 cm³/mol. The van der Waals surface area contributed by atoms with E-state index in [9.17, 15) is 0 Å². The van der Waals surface area contributed by atoms with E-state index in [1.54, 1.807) is 0 Å². The first-order valence-electron chi connectivity index (χ1n) is 7.40. The van der Waals surface area contributed by atoms with Crippen LogP contribution >= 0.6 is 0 Å². The first-order valence-corrected chi connectivity index (χ1v) is 7.40. The molecule has 0 saturated heterocycles. The molecule has 0 bridgehead atoms. The van der Waals surface area contributed by atoms with Crippen molar-refractivity contribution in [2.75, 3.05) is 5.32 Å². The Morgan fingerprint density at radius 2 is 1.95 bits per heavy atom. The average molecular weight is 269 g/mol. The van der Waals surface area contributed by atoms with Crippen molar-refractivity contribution in [3.05, 3.63) is 24.3 Å². The van der Waals surface area contributed by atoms with Gasteiger partial charge in [-0.1, -0.05) is 31.4 Å². The first kappa shape index (κ1) is 11.8. The van der Waals surface area contributed by atoms with Gasteiger partial charge in [0.1, 0.15) is 6.17 Å². The van der Waals surface area contributed by atoms with Gasteiger partial charge in [0.15, 0.2) is 5.96 Å². The molecule has 1 aliphatic carbocycles. The number of anilines is 1. The molecule has 2 aromatic rings. The lowest BCUT2D eigenvalue weighted by Crippen LogP contribution is -2.34. The van der Waals surface area contributed by atoms with Crippen LogP contribution in [0.15, 0.2) is 29.3 Å². The molecule has 2 heterocycles. The number of para-hydroxylation sites is 2. The van der Waals surface area contributed by atoms with Gasteiger partial charge in [-0.25, -0.2) is 9.98 Å². The second-order valence-electron chi connectivity index (χ2n) is 5.75. The molecule has 1 saturated carbocycles. The van der Waals surface area contributed by atoms with E-state index in [1.807, 2.05) is 12.1 Å². The lowest BCUT2D eigenvalue weighted by molar-refractivity contribution is 0.259. The summed E-state index contributed by atoms with van der Waals surface area (Å²) in [6.45, 7) is 0. The topological polar surface area (TPSA) is 68.2 Å². The molecular formula is C15H19N5. The molecule has 4 rings (SSSR count). The van der Waals surface area contributed by atoms with E-state index in [0.29, 0.717) is 11.9 Å². The zero-order chi connectivity index (χ0) is 13.5. The molecule has 0 amide bonds. The molecule has 1 aliphatic heterocycles. The van der Waals surface area contributed by atoms with E-state index in [0.717, 1.165) is 17.0 Å². The second kappa shape index (κ2) is 4.51. The van der Waals surface area contributed by atoms with Crippen molar-refractivity contribution in [1.29, 1.82) is 0 Å². The number of guanidine groups is 1. The van der Waals surface area contributed by atoms with Crippen molar-refractivity contribution in [1.82, 2.24) is 9.55 Å². The summed E-state index contributed by atoms with van der Waals surface area (Å²) < 4.78 is 2.22. The summed E-state index contributed by atoms with van der Waals surface area (Å²) in [4.78, 5) is 9.32. The van der Waals surface area contributed by atoms with E-state index in [-0.39, 0.29) is 6.17 Å². The zero-order valence-electron chi connectivity index (χ0n) is 11.4. The van der Waals surface area contributed by atoms with Crippen LogP contribution < -0.4 is 11.1 Å². The van der Waals surface area contributed by atoms with Gasteiger partial charge in [0.2, 0.25) is 5.95 Å². The molecule has 20 heavy (non-hydrogen) atoms. The number of rotatable bonds is 1. The van der Waals surface area contributed by atoms with Crippen LogP contribution in [0.1, 0.15) is 38.3 Å². The third-order valence-electron chi connectivity index (χ3n) is 4.44. The molecule has 2 aliphatic rings. The van der Waals surface area contributed by atoms with Crippen LogP contribution in [0.4, 0.5) is 5.95 Å². The number of benzene rings is 1. The summed E-state index contributed by atoms with van der Waals surface area (Å²) in [6.07, 6.45) is 6.50. The molecule has 1 fully saturated rings. The van der Waals surface area contributed by atoms with Crippen molar-refractivity contribution in [2.45, 2.75) is 38.3 Å². The lowest BCUT2D eigenvalue weighted by Gasteiger charge is -2.32. The Morgan fingerprint density at radius 1 is 1.15 bits per heavy atom. The molecular weight excluding hydrogens is 250 g/mol. The van der Waals surface area contributed by atoms with Crippen molar-refractivity contribution >= 4 is 22.9 Å². The van der Waals surface area contributed by atoms with Gasteiger partial charge in [-0.2, -0.15) is 0 Å². The van der Waals surface area contributed by atoms with Crippen molar-refractivity contribution < 1.29 is 0 Å². The Bertz CT molecular complexity index is 666. The fourth-order valence-electron chi connectivity index (χ4n) is 3.50. The SMILES string of the molecule is NC1=N[C@H](C2CCCCC2)n2c(nc3ccccc32)N1. The molecule has 0 spiro atoms. The maximum Gasteiger partial charge on any atom is 0.212 e. The summed E-state index contributed by atoms with van der Waals surface area (Å²) in [7, 11) is 0. The third kappa shape index (κ3) is 1.77. The number of nitrogens with zero attached hydrogens (tertiary/aromatic N) is 3. The highest BCUT2D eigenvalue weighted by Crippen LogP contribution is 2.38. The molecule has 5 heteroatoms. The van der Waals surface area contributed by atoms with Crippen molar-refractivity contribution in [3.63, 3.8) is 0 Å². The minimum atomic E-state index is 0.0962. The van der Waals surface area contributed by atoms with Crippen LogP contribution in [0.25, 0.3) is 11.0 Å². The molecule has 1 atom stereocenters. The van der Waals surface area contributed by atoms with Crippen LogP contribution in [0.5, 0.6) is 0 Å². The van der Waals surface area contributed by atoms with E-state index < -0.39 is 0 Å². The number of hydrogen-bond acceptors (Lipinski definition) is 4. The number of imidazole rings is 1. The number of fused-ring (bicyclic) bond motifs is 3. The fourth-order valence-corrected chi connectivity index (χ4v) is 3.50. The number of aliphatic imine (C=N–C) groups is 1. The first-order chi connectivity index (χ1) is 9.83.